The summed E-state index contributed by atoms with van der Waals surface area (Å²) in [5.74, 6) is 2.37. The number of nitrogens with one attached hydrogen (secondary N) is 1. The van der Waals surface area contributed by atoms with Crippen LogP contribution in [0.2, 0.25) is 0 Å². The van der Waals surface area contributed by atoms with E-state index in [9.17, 15) is 0 Å². The Hall–Kier alpha value is -3.47. The number of rotatable bonds is 3. The number of anilines is 2. The van der Waals surface area contributed by atoms with Gasteiger partial charge in [0.1, 0.15) is 5.82 Å². The Labute approximate surface area is 144 Å². The van der Waals surface area contributed by atoms with Crippen molar-refractivity contribution in [3.8, 4) is 17.2 Å². The molecule has 0 bridgehead atoms. The van der Waals surface area contributed by atoms with E-state index < -0.39 is 0 Å². The number of ether oxygens (including phenoxy) is 2. The number of para-hydroxylation sites is 2. The van der Waals surface area contributed by atoms with Gasteiger partial charge in [-0.2, -0.15) is 5.10 Å². The highest BCUT2D eigenvalue weighted by molar-refractivity contribution is 5.95. The molecular weight excluding hydrogens is 314 g/mol. The van der Waals surface area contributed by atoms with E-state index in [0.29, 0.717) is 0 Å². The van der Waals surface area contributed by atoms with Gasteiger partial charge in [0.2, 0.25) is 6.79 Å². The highest BCUT2D eigenvalue weighted by atomic mass is 16.7. The van der Waals surface area contributed by atoms with Gasteiger partial charge in [-0.3, -0.25) is 0 Å². The van der Waals surface area contributed by atoms with Crippen LogP contribution in [0.3, 0.4) is 0 Å². The van der Waals surface area contributed by atoms with Crippen LogP contribution in [0.4, 0.5) is 11.5 Å². The van der Waals surface area contributed by atoms with Crippen molar-refractivity contribution in [1.29, 1.82) is 0 Å². The third-order valence-electron chi connectivity index (χ3n) is 4.20. The van der Waals surface area contributed by atoms with E-state index in [4.69, 9.17) is 14.6 Å². The van der Waals surface area contributed by atoms with Gasteiger partial charge in [-0.1, -0.05) is 36.4 Å². The summed E-state index contributed by atoms with van der Waals surface area (Å²) in [6.45, 7) is 0.252. The SMILES string of the molecule is c1ccc(Nc2c3cc4c(cc3nn2-c2ccccc2)OCO4)cc1. The minimum absolute atomic E-state index is 0.252. The third-order valence-corrected chi connectivity index (χ3v) is 4.20. The van der Waals surface area contributed by atoms with E-state index in [2.05, 4.69) is 5.32 Å². The van der Waals surface area contributed by atoms with Crippen molar-refractivity contribution in [1.82, 2.24) is 9.78 Å². The zero-order valence-corrected chi connectivity index (χ0v) is 13.3. The fourth-order valence-corrected chi connectivity index (χ4v) is 3.01. The van der Waals surface area contributed by atoms with Crippen LogP contribution in [0.5, 0.6) is 11.5 Å². The molecule has 0 saturated carbocycles. The smallest absolute Gasteiger partial charge is 0.231 e. The van der Waals surface area contributed by atoms with Gasteiger partial charge in [0.15, 0.2) is 11.5 Å². The summed E-state index contributed by atoms with van der Waals surface area (Å²) in [6, 6.07) is 24.0. The largest absolute Gasteiger partial charge is 0.454 e. The van der Waals surface area contributed by atoms with Gasteiger partial charge in [-0.05, 0) is 30.3 Å². The topological polar surface area (TPSA) is 48.3 Å². The van der Waals surface area contributed by atoms with Crippen LogP contribution in [0.1, 0.15) is 0 Å². The molecule has 25 heavy (non-hydrogen) atoms. The summed E-state index contributed by atoms with van der Waals surface area (Å²) in [7, 11) is 0. The Morgan fingerprint density at radius 2 is 1.52 bits per heavy atom. The third kappa shape index (κ3) is 2.37. The molecule has 0 saturated heterocycles. The normalized spacial score (nSPS) is 12.5. The van der Waals surface area contributed by atoms with Crippen molar-refractivity contribution in [3.63, 3.8) is 0 Å². The lowest BCUT2D eigenvalue weighted by molar-refractivity contribution is 0.174. The molecule has 122 valence electrons. The van der Waals surface area contributed by atoms with Gasteiger partial charge >= 0.3 is 0 Å². The Bertz CT molecular complexity index is 1040. The molecule has 0 fully saturated rings. The Morgan fingerprint density at radius 1 is 0.840 bits per heavy atom. The van der Waals surface area contributed by atoms with Crippen LogP contribution in [0, 0.1) is 0 Å². The summed E-state index contributed by atoms with van der Waals surface area (Å²) in [5, 5.41) is 9.25. The summed E-state index contributed by atoms with van der Waals surface area (Å²) in [6.07, 6.45) is 0. The highest BCUT2D eigenvalue weighted by Gasteiger charge is 2.20. The molecule has 3 aromatic carbocycles. The first-order chi connectivity index (χ1) is 12.4. The van der Waals surface area contributed by atoms with E-state index in [0.717, 1.165) is 39.6 Å². The first-order valence-electron chi connectivity index (χ1n) is 8.08. The number of aromatic nitrogens is 2. The fourth-order valence-electron chi connectivity index (χ4n) is 3.01. The molecule has 0 amide bonds. The van der Waals surface area contributed by atoms with E-state index in [1.807, 2.05) is 77.5 Å². The standard InChI is InChI=1S/C20H15N3O2/c1-3-7-14(8-4-1)21-20-16-11-18-19(25-13-24-18)12-17(16)22-23(20)15-9-5-2-6-10-15/h1-12,21H,13H2. The zero-order valence-electron chi connectivity index (χ0n) is 13.3. The second-order valence-electron chi connectivity index (χ2n) is 5.81. The first kappa shape index (κ1) is 13.9. The second-order valence-corrected chi connectivity index (χ2v) is 5.81. The molecular formula is C20H15N3O2. The van der Waals surface area contributed by atoms with Crippen molar-refractivity contribution >= 4 is 22.4 Å². The summed E-state index contributed by atoms with van der Waals surface area (Å²) in [5.41, 5.74) is 2.84. The molecule has 1 aromatic heterocycles. The molecule has 0 radical (unpaired) electrons. The highest BCUT2D eigenvalue weighted by Crippen LogP contribution is 2.39. The summed E-state index contributed by atoms with van der Waals surface area (Å²) in [4.78, 5) is 0. The molecule has 1 aliphatic heterocycles. The van der Waals surface area contributed by atoms with Gasteiger partial charge in [0.05, 0.1) is 11.2 Å². The lowest BCUT2D eigenvalue weighted by Gasteiger charge is -2.10. The van der Waals surface area contributed by atoms with Gasteiger partial charge in [-0.25, -0.2) is 4.68 Å². The molecule has 0 unspecified atom stereocenters. The molecule has 0 aliphatic carbocycles. The Kier molecular flexibility index (Phi) is 3.10. The molecule has 1 N–H and O–H groups in total. The monoisotopic (exact) mass is 329 g/mol. The molecule has 2 heterocycles. The molecule has 5 nitrogen and oxygen atoms in total. The van der Waals surface area contributed by atoms with E-state index in [-0.39, 0.29) is 6.79 Å². The van der Waals surface area contributed by atoms with Crippen molar-refractivity contribution in [2.45, 2.75) is 0 Å². The average molecular weight is 329 g/mol. The van der Waals surface area contributed by atoms with E-state index in [1.165, 1.54) is 0 Å². The van der Waals surface area contributed by atoms with E-state index >= 15 is 0 Å². The van der Waals surface area contributed by atoms with Crippen molar-refractivity contribution in [2.24, 2.45) is 0 Å². The Balaban J connectivity index is 1.73. The molecule has 4 aromatic rings. The van der Waals surface area contributed by atoms with Crippen molar-refractivity contribution in [3.05, 3.63) is 72.8 Å². The quantitative estimate of drug-likeness (QED) is 0.601. The van der Waals surface area contributed by atoms with Crippen LogP contribution in [0.15, 0.2) is 72.8 Å². The van der Waals surface area contributed by atoms with E-state index in [1.54, 1.807) is 0 Å². The van der Waals surface area contributed by atoms with Gasteiger partial charge < -0.3 is 14.8 Å². The maximum Gasteiger partial charge on any atom is 0.231 e. The fraction of sp³-hybridized carbons (Fsp3) is 0.0500. The predicted molar refractivity (Wildman–Crippen MR) is 96.9 cm³/mol. The van der Waals surface area contributed by atoms with Crippen LogP contribution in [-0.2, 0) is 0 Å². The summed E-state index contributed by atoms with van der Waals surface area (Å²) >= 11 is 0. The second kappa shape index (κ2) is 5.56. The van der Waals surface area contributed by atoms with Crippen molar-refractivity contribution < 1.29 is 9.47 Å². The number of nitrogens with zero attached hydrogens (tertiary/aromatic N) is 2. The van der Waals surface area contributed by atoms with Gasteiger partial charge in [0, 0.05) is 17.1 Å². The molecule has 0 atom stereocenters. The van der Waals surface area contributed by atoms with Crippen LogP contribution in [-0.4, -0.2) is 16.6 Å². The Morgan fingerprint density at radius 3 is 2.28 bits per heavy atom. The number of hydrogen-bond acceptors (Lipinski definition) is 4. The minimum Gasteiger partial charge on any atom is -0.454 e. The lowest BCUT2D eigenvalue weighted by Crippen LogP contribution is -2.02. The maximum absolute atomic E-state index is 5.54. The number of benzene rings is 3. The van der Waals surface area contributed by atoms with Crippen LogP contribution < -0.4 is 14.8 Å². The number of fused-ring (bicyclic) bond motifs is 2. The first-order valence-corrected chi connectivity index (χ1v) is 8.08. The van der Waals surface area contributed by atoms with Gasteiger partial charge in [0.25, 0.3) is 0 Å². The number of hydrogen-bond donors (Lipinski definition) is 1. The maximum atomic E-state index is 5.54. The van der Waals surface area contributed by atoms with Crippen LogP contribution >= 0.6 is 0 Å². The van der Waals surface area contributed by atoms with Gasteiger partial charge in [-0.15, -0.1) is 0 Å². The molecule has 1 aliphatic rings. The lowest BCUT2D eigenvalue weighted by atomic mass is 10.2. The molecule has 5 heteroatoms. The minimum atomic E-state index is 0.252. The summed E-state index contributed by atoms with van der Waals surface area (Å²) < 4.78 is 12.9. The predicted octanol–water partition coefficient (Wildman–Crippen LogP) is 4.50. The zero-order chi connectivity index (χ0) is 16.6. The average Bonchev–Trinajstić information content (AvgIpc) is 3.26. The molecule has 0 spiro atoms. The van der Waals surface area contributed by atoms with Crippen molar-refractivity contribution in [2.75, 3.05) is 12.1 Å². The van der Waals surface area contributed by atoms with Crippen LogP contribution in [0.25, 0.3) is 16.6 Å². The molecule has 5 rings (SSSR count).